The summed E-state index contributed by atoms with van der Waals surface area (Å²) in [6.07, 6.45) is -4.52. The van der Waals surface area contributed by atoms with E-state index in [2.05, 4.69) is 0 Å². The lowest BCUT2D eigenvalue weighted by Crippen LogP contribution is -2.50. The number of halogens is 3. The van der Waals surface area contributed by atoms with Gasteiger partial charge in [0.2, 0.25) is 0 Å². The van der Waals surface area contributed by atoms with Gasteiger partial charge in [-0.3, -0.25) is 0 Å². The van der Waals surface area contributed by atoms with Crippen LogP contribution < -0.4 is 10.5 Å². The van der Waals surface area contributed by atoms with Crippen LogP contribution in [0.25, 0.3) is 0 Å². The summed E-state index contributed by atoms with van der Waals surface area (Å²) in [5.41, 5.74) is 4.27. The first-order chi connectivity index (χ1) is 8.82. The van der Waals surface area contributed by atoms with Gasteiger partial charge in [0.15, 0.2) is 0 Å². The Labute approximate surface area is 109 Å². The molecule has 0 saturated heterocycles. The molecule has 1 fully saturated rings. The summed E-state index contributed by atoms with van der Waals surface area (Å²) in [7, 11) is 1.32. The molecule has 1 aliphatic carbocycles. The lowest BCUT2D eigenvalue weighted by atomic mass is 9.61. The number of ether oxygens (including phenoxy) is 1. The van der Waals surface area contributed by atoms with Gasteiger partial charge in [-0.2, -0.15) is 13.2 Å². The van der Waals surface area contributed by atoms with Crippen molar-refractivity contribution in [1.82, 2.24) is 0 Å². The fourth-order valence-electron chi connectivity index (χ4n) is 2.69. The minimum Gasteiger partial charge on any atom is -0.497 e. The smallest absolute Gasteiger partial charge is 0.416 e. The molecule has 1 saturated carbocycles. The predicted molar refractivity (Wildman–Crippen MR) is 64.0 cm³/mol. The summed E-state index contributed by atoms with van der Waals surface area (Å²) in [5, 5.41) is 9.41. The van der Waals surface area contributed by atoms with E-state index in [0.717, 1.165) is 6.07 Å². The molecule has 1 aliphatic rings. The van der Waals surface area contributed by atoms with Gasteiger partial charge in [0, 0.05) is 12.0 Å². The second kappa shape index (κ2) is 4.68. The van der Waals surface area contributed by atoms with E-state index in [1.165, 1.54) is 19.2 Å². The van der Waals surface area contributed by atoms with E-state index in [0.29, 0.717) is 0 Å². The molecule has 0 unspecified atom stereocenters. The number of aliphatic hydroxyl groups excluding tert-OH is 1. The summed E-state index contributed by atoms with van der Waals surface area (Å²) in [4.78, 5) is 0. The molecule has 106 valence electrons. The molecule has 0 bridgehead atoms. The molecule has 0 aromatic heterocycles. The second-order valence-corrected chi connectivity index (χ2v) is 4.96. The zero-order valence-corrected chi connectivity index (χ0v) is 10.5. The number of rotatable bonds is 3. The third-order valence-corrected chi connectivity index (χ3v) is 3.75. The lowest BCUT2D eigenvalue weighted by Gasteiger charge is -2.46. The van der Waals surface area contributed by atoms with E-state index in [1.807, 2.05) is 0 Å². The highest BCUT2D eigenvalue weighted by atomic mass is 19.4. The van der Waals surface area contributed by atoms with Crippen molar-refractivity contribution in [3.63, 3.8) is 0 Å². The minimum absolute atomic E-state index is 0.0828. The molecule has 3 N–H and O–H groups in total. The maximum atomic E-state index is 13.1. The predicted octanol–water partition coefficient (Wildman–Crippen LogP) is 2.07. The SMILES string of the molecule is COc1ccc(C2(CN)CC(O)C2)c(C(F)(F)F)c1. The van der Waals surface area contributed by atoms with Crippen molar-refractivity contribution in [3.8, 4) is 5.75 Å². The molecule has 6 heteroatoms. The summed E-state index contributed by atoms with van der Waals surface area (Å²) < 4.78 is 44.2. The Morgan fingerprint density at radius 1 is 1.42 bits per heavy atom. The minimum atomic E-state index is -4.47. The number of hydrogen-bond donors (Lipinski definition) is 2. The summed E-state index contributed by atoms with van der Waals surface area (Å²) in [5.74, 6) is 0.156. The highest BCUT2D eigenvalue weighted by Crippen LogP contribution is 2.48. The average Bonchev–Trinajstić information content (AvgIpc) is 2.33. The maximum Gasteiger partial charge on any atom is 0.416 e. The van der Waals surface area contributed by atoms with Crippen LogP contribution in [0.3, 0.4) is 0 Å². The number of hydrogen-bond acceptors (Lipinski definition) is 3. The second-order valence-electron chi connectivity index (χ2n) is 4.96. The van der Waals surface area contributed by atoms with Crippen molar-refractivity contribution in [3.05, 3.63) is 29.3 Å². The molecular formula is C13H16F3NO2. The molecule has 0 spiro atoms. The zero-order valence-electron chi connectivity index (χ0n) is 10.5. The van der Waals surface area contributed by atoms with Gasteiger partial charge in [-0.05, 0) is 30.5 Å². The van der Waals surface area contributed by atoms with Crippen LogP contribution >= 0.6 is 0 Å². The third kappa shape index (κ3) is 2.42. The van der Waals surface area contributed by atoms with Gasteiger partial charge in [-0.15, -0.1) is 0 Å². The van der Waals surface area contributed by atoms with Crippen molar-refractivity contribution in [1.29, 1.82) is 0 Å². The van der Waals surface area contributed by atoms with Gasteiger partial charge in [0.25, 0.3) is 0 Å². The van der Waals surface area contributed by atoms with Crippen LogP contribution in [0.2, 0.25) is 0 Å². The van der Waals surface area contributed by atoms with Gasteiger partial charge in [0.1, 0.15) is 5.75 Å². The van der Waals surface area contributed by atoms with Crippen LogP contribution in [-0.2, 0) is 11.6 Å². The topological polar surface area (TPSA) is 55.5 Å². The first-order valence-corrected chi connectivity index (χ1v) is 5.96. The van der Waals surface area contributed by atoms with E-state index < -0.39 is 23.3 Å². The van der Waals surface area contributed by atoms with E-state index in [9.17, 15) is 18.3 Å². The van der Waals surface area contributed by atoms with Crippen LogP contribution in [0.15, 0.2) is 18.2 Å². The van der Waals surface area contributed by atoms with Crippen LogP contribution in [0.4, 0.5) is 13.2 Å². The summed E-state index contributed by atoms with van der Waals surface area (Å²) >= 11 is 0. The van der Waals surface area contributed by atoms with Crippen molar-refractivity contribution < 1.29 is 23.0 Å². The van der Waals surface area contributed by atoms with Crippen LogP contribution in [0.5, 0.6) is 5.75 Å². The molecule has 19 heavy (non-hydrogen) atoms. The Morgan fingerprint density at radius 3 is 2.47 bits per heavy atom. The maximum absolute atomic E-state index is 13.1. The molecule has 0 heterocycles. The Balaban J connectivity index is 2.51. The van der Waals surface area contributed by atoms with Gasteiger partial charge in [0.05, 0.1) is 18.8 Å². The number of alkyl halides is 3. The number of nitrogens with two attached hydrogens (primary N) is 1. The largest absolute Gasteiger partial charge is 0.497 e. The van der Waals surface area contributed by atoms with Crippen LogP contribution in [-0.4, -0.2) is 24.9 Å². The molecule has 2 rings (SSSR count). The van der Waals surface area contributed by atoms with Gasteiger partial charge >= 0.3 is 6.18 Å². The van der Waals surface area contributed by atoms with Gasteiger partial charge in [-0.1, -0.05) is 6.07 Å². The van der Waals surface area contributed by atoms with Crippen molar-refractivity contribution >= 4 is 0 Å². The quantitative estimate of drug-likeness (QED) is 0.888. The van der Waals surface area contributed by atoms with E-state index in [1.54, 1.807) is 0 Å². The van der Waals surface area contributed by atoms with Gasteiger partial charge < -0.3 is 15.6 Å². The number of methoxy groups -OCH3 is 1. The van der Waals surface area contributed by atoms with Crippen LogP contribution in [0.1, 0.15) is 24.0 Å². The van der Waals surface area contributed by atoms with E-state index in [4.69, 9.17) is 10.5 Å². The Hall–Kier alpha value is -1.27. The van der Waals surface area contributed by atoms with E-state index in [-0.39, 0.29) is 30.7 Å². The average molecular weight is 275 g/mol. The summed E-state index contributed by atoms with van der Waals surface area (Å²) in [6, 6.07) is 3.88. The highest BCUT2D eigenvalue weighted by Gasteiger charge is 2.48. The summed E-state index contributed by atoms with van der Waals surface area (Å²) in [6.45, 7) is 0.0828. The van der Waals surface area contributed by atoms with E-state index >= 15 is 0 Å². The standard InChI is InChI=1S/C13H16F3NO2/c1-19-9-2-3-10(11(4-9)13(14,15)16)12(7-17)5-8(18)6-12/h2-4,8,18H,5-7,17H2,1H3. The van der Waals surface area contributed by atoms with Crippen molar-refractivity contribution in [2.24, 2.45) is 5.73 Å². The fraction of sp³-hybridized carbons (Fsp3) is 0.538. The van der Waals surface area contributed by atoms with Crippen molar-refractivity contribution in [2.75, 3.05) is 13.7 Å². The Bertz CT molecular complexity index is 467. The molecular weight excluding hydrogens is 259 g/mol. The molecule has 3 nitrogen and oxygen atoms in total. The molecule has 1 aromatic rings. The molecule has 0 amide bonds. The third-order valence-electron chi connectivity index (χ3n) is 3.75. The normalized spacial score (nSPS) is 26.9. The highest BCUT2D eigenvalue weighted by molar-refractivity contribution is 5.44. The molecule has 0 atom stereocenters. The number of aliphatic hydroxyl groups is 1. The fourth-order valence-corrected chi connectivity index (χ4v) is 2.69. The Kier molecular flexibility index (Phi) is 3.49. The Morgan fingerprint density at radius 2 is 2.05 bits per heavy atom. The molecule has 0 radical (unpaired) electrons. The molecule has 1 aromatic carbocycles. The number of benzene rings is 1. The zero-order chi connectivity index (χ0) is 14.3. The van der Waals surface area contributed by atoms with Crippen molar-refractivity contribution in [2.45, 2.75) is 30.5 Å². The molecule has 0 aliphatic heterocycles. The first kappa shape index (κ1) is 14.1. The van der Waals surface area contributed by atoms with Gasteiger partial charge in [-0.25, -0.2) is 0 Å². The monoisotopic (exact) mass is 275 g/mol. The first-order valence-electron chi connectivity index (χ1n) is 5.96. The van der Waals surface area contributed by atoms with Crippen LogP contribution in [0, 0.1) is 0 Å². The lowest BCUT2D eigenvalue weighted by molar-refractivity contribution is -0.139.